The van der Waals surface area contributed by atoms with Crippen LogP contribution < -0.4 is 9.46 Å². The Bertz CT molecular complexity index is 572. The van der Waals surface area contributed by atoms with E-state index in [0.717, 1.165) is 5.57 Å². The summed E-state index contributed by atoms with van der Waals surface area (Å²) in [5.74, 6) is 0.295. The number of sulfonamides is 1. The number of halogens is 1. The Morgan fingerprint density at radius 3 is 2.75 bits per heavy atom. The summed E-state index contributed by atoms with van der Waals surface area (Å²) in [6.07, 6.45) is 0. The number of benzene rings is 1. The number of ether oxygens (including phenoxy) is 2. The van der Waals surface area contributed by atoms with Crippen LogP contribution in [0.4, 0.5) is 0 Å². The van der Waals surface area contributed by atoms with Gasteiger partial charge in [0.05, 0.1) is 20.3 Å². The van der Waals surface area contributed by atoms with E-state index in [2.05, 4.69) is 27.2 Å². The summed E-state index contributed by atoms with van der Waals surface area (Å²) in [6, 6.07) is 4.81. The molecule has 0 saturated heterocycles. The zero-order chi connectivity index (χ0) is 15.2. The summed E-state index contributed by atoms with van der Waals surface area (Å²) in [5.41, 5.74) is 0.890. The Kier molecular flexibility index (Phi) is 6.67. The van der Waals surface area contributed by atoms with Gasteiger partial charge in [-0.3, -0.25) is 0 Å². The van der Waals surface area contributed by atoms with Crippen LogP contribution in [0.15, 0.2) is 39.7 Å². The van der Waals surface area contributed by atoms with Gasteiger partial charge in [0.2, 0.25) is 10.0 Å². The molecule has 0 aliphatic rings. The van der Waals surface area contributed by atoms with E-state index in [4.69, 9.17) is 9.47 Å². The zero-order valence-electron chi connectivity index (χ0n) is 11.5. The van der Waals surface area contributed by atoms with Crippen molar-refractivity contribution in [2.75, 3.05) is 26.9 Å². The number of methoxy groups -OCH3 is 1. The lowest BCUT2D eigenvalue weighted by Gasteiger charge is -2.11. The van der Waals surface area contributed by atoms with E-state index in [1.807, 2.05) is 6.92 Å². The van der Waals surface area contributed by atoms with Gasteiger partial charge in [0, 0.05) is 11.0 Å². The molecule has 1 aromatic rings. The lowest BCUT2D eigenvalue weighted by Crippen LogP contribution is -2.28. The fourth-order valence-corrected chi connectivity index (χ4v) is 3.15. The standard InChI is InChI=1S/C13H18BrNO4S/c1-10(2)9-19-7-6-15-20(16,17)13-8-11(14)4-5-12(13)18-3/h4-5,8,15H,1,6-7,9H2,2-3H3. The van der Waals surface area contributed by atoms with Crippen LogP contribution in [0.5, 0.6) is 5.75 Å². The SMILES string of the molecule is C=C(C)COCCNS(=O)(=O)c1cc(Br)ccc1OC. The highest BCUT2D eigenvalue weighted by Crippen LogP contribution is 2.26. The predicted molar refractivity (Wildman–Crippen MR) is 81.5 cm³/mol. The van der Waals surface area contributed by atoms with Crippen LogP contribution in [0.25, 0.3) is 0 Å². The molecular formula is C13H18BrNO4S. The first-order valence-electron chi connectivity index (χ1n) is 5.92. The third kappa shape index (κ3) is 5.24. The van der Waals surface area contributed by atoms with Crippen molar-refractivity contribution in [3.05, 3.63) is 34.8 Å². The van der Waals surface area contributed by atoms with Crippen molar-refractivity contribution in [1.82, 2.24) is 4.72 Å². The van der Waals surface area contributed by atoms with Crippen molar-refractivity contribution < 1.29 is 17.9 Å². The van der Waals surface area contributed by atoms with Crippen LogP contribution in [-0.2, 0) is 14.8 Å². The van der Waals surface area contributed by atoms with Gasteiger partial charge >= 0.3 is 0 Å². The van der Waals surface area contributed by atoms with E-state index in [1.165, 1.54) is 13.2 Å². The molecule has 20 heavy (non-hydrogen) atoms. The highest BCUT2D eigenvalue weighted by molar-refractivity contribution is 9.10. The quantitative estimate of drug-likeness (QED) is 0.568. The maximum Gasteiger partial charge on any atom is 0.244 e. The van der Waals surface area contributed by atoms with Crippen LogP contribution in [0, 0.1) is 0 Å². The number of nitrogens with one attached hydrogen (secondary N) is 1. The first kappa shape index (κ1) is 17.2. The molecule has 0 aliphatic carbocycles. The highest BCUT2D eigenvalue weighted by Gasteiger charge is 2.19. The molecule has 1 aromatic carbocycles. The average molecular weight is 364 g/mol. The second-order valence-corrected chi connectivity index (χ2v) is 6.85. The fourth-order valence-electron chi connectivity index (χ4n) is 1.43. The van der Waals surface area contributed by atoms with Crippen LogP contribution in [-0.4, -0.2) is 35.3 Å². The summed E-state index contributed by atoms with van der Waals surface area (Å²) >= 11 is 3.24. The summed E-state index contributed by atoms with van der Waals surface area (Å²) in [7, 11) is -2.20. The Morgan fingerprint density at radius 2 is 2.15 bits per heavy atom. The van der Waals surface area contributed by atoms with Gasteiger partial charge < -0.3 is 9.47 Å². The molecule has 0 aromatic heterocycles. The molecule has 0 fully saturated rings. The summed E-state index contributed by atoms with van der Waals surface area (Å²) in [4.78, 5) is 0.0919. The fraction of sp³-hybridized carbons (Fsp3) is 0.385. The molecule has 0 radical (unpaired) electrons. The van der Waals surface area contributed by atoms with Gasteiger partial charge in [-0.05, 0) is 25.1 Å². The molecule has 0 saturated carbocycles. The summed E-state index contributed by atoms with van der Waals surface area (Å²) in [6.45, 7) is 6.42. The van der Waals surface area contributed by atoms with Gasteiger partial charge in [0.25, 0.3) is 0 Å². The largest absolute Gasteiger partial charge is 0.495 e. The van der Waals surface area contributed by atoms with E-state index in [0.29, 0.717) is 16.8 Å². The first-order valence-corrected chi connectivity index (χ1v) is 8.20. The number of rotatable bonds is 8. The average Bonchev–Trinajstić information content (AvgIpc) is 2.37. The topological polar surface area (TPSA) is 64.6 Å². The molecule has 0 amide bonds. The minimum Gasteiger partial charge on any atom is -0.495 e. The third-order valence-corrected chi connectivity index (χ3v) is 4.28. The van der Waals surface area contributed by atoms with E-state index in [-0.39, 0.29) is 18.0 Å². The predicted octanol–water partition coefficient (Wildman–Crippen LogP) is 2.33. The molecule has 5 nitrogen and oxygen atoms in total. The third-order valence-electron chi connectivity index (χ3n) is 2.30. The lowest BCUT2D eigenvalue weighted by atomic mass is 10.3. The lowest BCUT2D eigenvalue weighted by molar-refractivity contribution is 0.162. The first-order chi connectivity index (χ1) is 9.36. The second kappa shape index (κ2) is 7.78. The van der Waals surface area contributed by atoms with Gasteiger partial charge in [0.15, 0.2) is 0 Å². The molecule has 0 aliphatic heterocycles. The van der Waals surface area contributed by atoms with Crippen molar-refractivity contribution in [2.45, 2.75) is 11.8 Å². The Labute approximate surface area is 128 Å². The molecular weight excluding hydrogens is 346 g/mol. The van der Waals surface area contributed by atoms with E-state index in [9.17, 15) is 8.42 Å². The number of hydrogen-bond donors (Lipinski definition) is 1. The molecule has 0 bridgehead atoms. The van der Waals surface area contributed by atoms with Gasteiger partial charge in [0.1, 0.15) is 10.6 Å². The van der Waals surface area contributed by atoms with Gasteiger partial charge in [-0.15, -0.1) is 0 Å². The van der Waals surface area contributed by atoms with E-state index < -0.39 is 10.0 Å². The minimum atomic E-state index is -3.63. The highest BCUT2D eigenvalue weighted by atomic mass is 79.9. The Hall–Kier alpha value is -0.890. The van der Waals surface area contributed by atoms with Crippen LogP contribution in [0.1, 0.15) is 6.92 Å². The van der Waals surface area contributed by atoms with Crippen molar-refractivity contribution in [2.24, 2.45) is 0 Å². The maximum atomic E-state index is 12.2. The van der Waals surface area contributed by atoms with Gasteiger partial charge in [-0.1, -0.05) is 28.1 Å². The molecule has 112 valence electrons. The summed E-state index contributed by atoms with van der Waals surface area (Å²) < 4.78 is 37.8. The van der Waals surface area contributed by atoms with E-state index >= 15 is 0 Å². The van der Waals surface area contributed by atoms with Crippen molar-refractivity contribution in [3.8, 4) is 5.75 Å². The minimum absolute atomic E-state index is 0.0919. The molecule has 1 rings (SSSR count). The molecule has 0 unspecified atom stereocenters. The molecule has 0 atom stereocenters. The van der Waals surface area contributed by atoms with Gasteiger partial charge in [-0.2, -0.15) is 0 Å². The zero-order valence-corrected chi connectivity index (χ0v) is 13.9. The van der Waals surface area contributed by atoms with E-state index in [1.54, 1.807) is 12.1 Å². The van der Waals surface area contributed by atoms with Crippen molar-refractivity contribution >= 4 is 26.0 Å². The Balaban J connectivity index is 2.69. The van der Waals surface area contributed by atoms with Crippen LogP contribution in [0.2, 0.25) is 0 Å². The normalized spacial score (nSPS) is 11.3. The maximum absolute atomic E-state index is 12.2. The molecule has 1 N–H and O–H groups in total. The molecule has 0 heterocycles. The van der Waals surface area contributed by atoms with Crippen LogP contribution >= 0.6 is 15.9 Å². The smallest absolute Gasteiger partial charge is 0.244 e. The second-order valence-electron chi connectivity index (χ2n) is 4.20. The number of hydrogen-bond acceptors (Lipinski definition) is 4. The van der Waals surface area contributed by atoms with Crippen molar-refractivity contribution in [1.29, 1.82) is 0 Å². The molecule has 7 heteroatoms. The van der Waals surface area contributed by atoms with Crippen LogP contribution in [0.3, 0.4) is 0 Å². The van der Waals surface area contributed by atoms with Gasteiger partial charge in [-0.25, -0.2) is 13.1 Å². The Morgan fingerprint density at radius 1 is 1.45 bits per heavy atom. The molecule has 0 spiro atoms. The summed E-state index contributed by atoms with van der Waals surface area (Å²) in [5, 5.41) is 0. The monoisotopic (exact) mass is 363 g/mol. The van der Waals surface area contributed by atoms with Crippen molar-refractivity contribution in [3.63, 3.8) is 0 Å².